The molecule has 190 valence electrons. The Bertz CT molecular complexity index is 1380. The molecule has 0 aliphatic heterocycles. The number of alkyl halides is 6. The zero-order chi connectivity index (χ0) is 26.3. The Balaban J connectivity index is 1.68. The van der Waals surface area contributed by atoms with Crippen LogP contribution in [0.5, 0.6) is 5.75 Å². The SMILES string of the molecule is COc1ccc(NCC(O)(c2ccc3c(cnn3-c3ccc(F)cc3)c2)C(F)(F)F)cc1C(F)(F)F. The van der Waals surface area contributed by atoms with Gasteiger partial charge in [-0.15, -0.1) is 0 Å². The van der Waals surface area contributed by atoms with E-state index in [1.54, 1.807) is 0 Å². The van der Waals surface area contributed by atoms with Crippen molar-refractivity contribution in [3.63, 3.8) is 0 Å². The summed E-state index contributed by atoms with van der Waals surface area (Å²) in [5.74, 6) is -0.970. The van der Waals surface area contributed by atoms with Crippen LogP contribution in [0.3, 0.4) is 0 Å². The lowest BCUT2D eigenvalue weighted by Gasteiger charge is -2.31. The van der Waals surface area contributed by atoms with E-state index in [2.05, 4.69) is 15.2 Å². The first-order chi connectivity index (χ1) is 16.8. The van der Waals surface area contributed by atoms with Crippen molar-refractivity contribution in [2.45, 2.75) is 18.0 Å². The maximum Gasteiger partial charge on any atom is 0.423 e. The number of fused-ring (bicyclic) bond motifs is 1. The molecule has 0 amide bonds. The van der Waals surface area contributed by atoms with Crippen molar-refractivity contribution in [3.05, 3.63) is 83.8 Å². The smallest absolute Gasteiger partial charge is 0.423 e. The third kappa shape index (κ3) is 4.68. The molecule has 0 radical (unpaired) electrons. The summed E-state index contributed by atoms with van der Waals surface area (Å²) < 4.78 is 101. The number of aromatic nitrogens is 2. The summed E-state index contributed by atoms with van der Waals surface area (Å²) in [5.41, 5.74) is -4.61. The number of benzene rings is 3. The maximum atomic E-state index is 14.0. The van der Waals surface area contributed by atoms with Gasteiger partial charge >= 0.3 is 12.4 Å². The summed E-state index contributed by atoms with van der Waals surface area (Å²) in [6.45, 7) is -1.17. The quantitative estimate of drug-likeness (QED) is 0.308. The summed E-state index contributed by atoms with van der Waals surface area (Å²) in [6, 6.07) is 11.4. The minimum atomic E-state index is -5.18. The molecule has 5 nitrogen and oxygen atoms in total. The van der Waals surface area contributed by atoms with E-state index in [-0.39, 0.29) is 11.1 Å². The molecule has 1 unspecified atom stereocenters. The Morgan fingerprint density at radius 2 is 1.64 bits per heavy atom. The Morgan fingerprint density at radius 3 is 2.25 bits per heavy atom. The highest BCUT2D eigenvalue weighted by Crippen LogP contribution is 2.41. The average molecular weight is 513 g/mol. The van der Waals surface area contributed by atoms with Crippen LogP contribution in [0, 0.1) is 5.82 Å². The van der Waals surface area contributed by atoms with Gasteiger partial charge in [-0.2, -0.15) is 31.4 Å². The summed E-state index contributed by atoms with van der Waals surface area (Å²) >= 11 is 0. The molecule has 0 bridgehead atoms. The van der Waals surface area contributed by atoms with Crippen LogP contribution in [0.1, 0.15) is 11.1 Å². The van der Waals surface area contributed by atoms with E-state index in [4.69, 9.17) is 0 Å². The number of anilines is 1. The number of nitrogens with zero attached hydrogens (tertiary/aromatic N) is 2. The number of hydrogen-bond acceptors (Lipinski definition) is 4. The number of methoxy groups -OCH3 is 1. The molecule has 2 N–H and O–H groups in total. The van der Waals surface area contributed by atoms with Crippen molar-refractivity contribution >= 4 is 16.6 Å². The second-order valence-corrected chi connectivity index (χ2v) is 7.93. The summed E-state index contributed by atoms with van der Waals surface area (Å²) in [4.78, 5) is 0. The molecule has 36 heavy (non-hydrogen) atoms. The van der Waals surface area contributed by atoms with Gasteiger partial charge in [0.1, 0.15) is 11.6 Å². The summed E-state index contributed by atoms with van der Waals surface area (Å²) in [6.07, 6.45) is -8.70. The van der Waals surface area contributed by atoms with Gasteiger partial charge in [0.05, 0.1) is 36.6 Å². The molecule has 0 aliphatic rings. The number of nitrogens with one attached hydrogen (secondary N) is 1. The minimum Gasteiger partial charge on any atom is -0.496 e. The predicted molar refractivity (Wildman–Crippen MR) is 117 cm³/mol. The van der Waals surface area contributed by atoms with E-state index in [0.717, 1.165) is 31.4 Å². The zero-order valence-electron chi connectivity index (χ0n) is 18.5. The average Bonchev–Trinajstić information content (AvgIpc) is 3.25. The molecule has 1 atom stereocenters. The third-order valence-corrected chi connectivity index (χ3v) is 5.64. The standard InChI is InChI=1S/C24H18F7N3O2/c1-36-21-9-5-17(11-19(21)23(26,27)28)32-13-22(35,24(29,30)31)15-2-8-20-14(10-15)12-33-34(20)18-6-3-16(25)4-7-18/h2-12,32,35H,13H2,1H3. The topological polar surface area (TPSA) is 59.3 Å². The largest absolute Gasteiger partial charge is 0.496 e. The molecule has 0 fully saturated rings. The Labute approximate surface area is 199 Å². The molecule has 1 aromatic heterocycles. The van der Waals surface area contributed by atoms with Gasteiger partial charge in [0, 0.05) is 11.1 Å². The molecule has 12 heteroatoms. The third-order valence-electron chi connectivity index (χ3n) is 5.64. The number of aliphatic hydroxyl groups is 1. The van der Waals surface area contributed by atoms with Crippen LogP contribution in [0.25, 0.3) is 16.6 Å². The van der Waals surface area contributed by atoms with Crippen LogP contribution in [-0.4, -0.2) is 34.7 Å². The fourth-order valence-corrected chi connectivity index (χ4v) is 3.71. The van der Waals surface area contributed by atoms with Gasteiger partial charge in [-0.05, 0) is 60.2 Å². The van der Waals surface area contributed by atoms with Gasteiger partial charge in [-0.3, -0.25) is 0 Å². The fraction of sp³-hybridized carbons (Fsp3) is 0.208. The molecule has 3 aromatic carbocycles. The fourth-order valence-electron chi connectivity index (χ4n) is 3.71. The molecule has 4 aromatic rings. The van der Waals surface area contributed by atoms with Crippen LogP contribution < -0.4 is 10.1 Å². The molecule has 0 aliphatic carbocycles. The molecule has 4 rings (SSSR count). The van der Waals surface area contributed by atoms with Crippen molar-refractivity contribution in [1.82, 2.24) is 9.78 Å². The van der Waals surface area contributed by atoms with Gasteiger partial charge in [-0.25, -0.2) is 9.07 Å². The second-order valence-electron chi connectivity index (χ2n) is 7.93. The lowest BCUT2D eigenvalue weighted by Crippen LogP contribution is -2.47. The van der Waals surface area contributed by atoms with Crippen LogP contribution in [0.15, 0.2) is 66.9 Å². The molecule has 1 heterocycles. The summed E-state index contributed by atoms with van der Waals surface area (Å²) in [5, 5.41) is 17.4. The molecule has 0 saturated heterocycles. The van der Waals surface area contributed by atoms with Gasteiger partial charge in [0.25, 0.3) is 0 Å². The Morgan fingerprint density at radius 1 is 0.944 bits per heavy atom. The normalized spacial score (nSPS) is 14.0. The van der Waals surface area contributed by atoms with Crippen molar-refractivity contribution in [2.75, 3.05) is 19.0 Å². The van der Waals surface area contributed by atoms with Crippen molar-refractivity contribution in [1.29, 1.82) is 0 Å². The molecular weight excluding hydrogens is 495 g/mol. The minimum absolute atomic E-state index is 0.253. The highest BCUT2D eigenvalue weighted by Gasteiger charge is 2.55. The van der Waals surface area contributed by atoms with E-state index >= 15 is 0 Å². The number of ether oxygens (including phenoxy) is 1. The highest BCUT2D eigenvalue weighted by atomic mass is 19.4. The Kier molecular flexibility index (Phi) is 6.33. The van der Waals surface area contributed by atoms with E-state index in [0.29, 0.717) is 17.3 Å². The lowest BCUT2D eigenvalue weighted by atomic mass is 9.91. The predicted octanol–water partition coefficient (Wildman–Crippen LogP) is 6.05. The van der Waals surface area contributed by atoms with Gasteiger partial charge in [0.2, 0.25) is 5.60 Å². The first kappa shape index (κ1) is 25.3. The molecular formula is C24H18F7N3O2. The lowest BCUT2D eigenvalue weighted by molar-refractivity contribution is -0.260. The van der Waals surface area contributed by atoms with Gasteiger partial charge < -0.3 is 15.2 Å². The highest BCUT2D eigenvalue weighted by molar-refractivity contribution is 5.81. The monoisotopic (exact) mass is 513 g/mol. The maximum absolute atomic E-state index is 14.0. The molecule has 0 spiro atoms. The van der Waals surface area contributed by atoms with E-state index < -0.39 is 47.2 Å². The zero-order valence-corrected chi connectivity index (χ0v) is 18.5. The van der Waals surface area contributed by atoms with E-state index in [1.165, 1.54) is 41.2 Å². The van der Waals surface area contributed by atoms with Crippen molar-refractivity contribution in [2.24, 2.45) is 0 Å². The summed E-state index contributed by atoms with van der Waals surface area (Å²) in [7, 11) is 1.04. The van der Waals surface area contributed by atoms with Gasteiger partial charge in [0.15, 0.2) is 0 Å². The molecule has 0 saturated carbocycles. The van der Waals surface area contributed by atoms with Crippen molar-refractivity contribution < 1.29 is 40.6 Å². The second kappa shape index (κ2) is 9.01. The van der Waals surface area contributed by atoms with E-state index in [1.807, 2.05) is 0 Å². The van der Waals surface area contributed by atoms with Crippen LogP contribution in [-0.2, 0) is 11.8 Å². The van der Waals surface area contributed by atoms with E-state index in [9.17, 15) is 35.8 Å². The van der Waals surface area contributed by atoms with Crippen LogP contribution in [0.2, 0.25) is 0 Å². The number of halogens is 7. The van der Waals surface area contributed by atoms with Gasteiger partial charge in [-0.1, -0.05) is 6.07 Å². The Hall–Kier alpha value is -3.80. The van der Waals surface area contributed by atoms with Crippen LogP contribution in [0.4, 0.5) is 36.4 Å². The number of hydrogen-bond donors (Lipinski definition) is 2. The first-order valence-electron chi connectivity index (χ1n) is 10.4. The number of rotatable bonds is 6. The first-order valence-corrected chi connectivity index (χ1v) is 10.4. The van der Waals surface area contributed by atoms with Crippen LogP contribution >= 0.6 is 0 Å². The van der Waals surface area contributed by atoms with Crippen molar-refractivity contribution in [3.8, 4) is 11.4 Å².